The summed E-state index contributed by atoms with van der Waals surface area (Å²) in [4.78, 5) is 24.2. The molecule has 0 unspecified atom stereocenters. The van der Waals surface area contributed by atoms with E-state index in [-0.39, 0.29) is 0 Å². The van der Waals surface area contributed by atoms with Crippen molar-refractivity contribution in [1.29, 1.82) is 0 Å². The Bertz CT molecular complexity index is 893. The number of nitrogens with one attached hydrogen (secondary N) is 2. The van der Waals surface area contributed by atoms with Gasteiger partial charge in [-0.15, -0.1) is 0 Å². The molecule has 0 bridgehead atoms. The van der Waals surface area contributed by atoms with E-state index >= 15 is 0 Å². The van der Waals surface area contributed by atoms with E-state index in [2.05, 4.69) is 31.9 Å². The molecule has 0 fully saturated rings. The van der Waals surface area contributed by atoms with Crippen LogP contribution in [-0.2, 0) is 6.54 Å². The predicted octanol–water partition coefficient (Wildman–Crippen LogP) is 2.77. The molecular formula is C18H15BrN4O2. The van der Waals surface area contributed by atoms with Crippen molar-refractivity contribution in [2.45, 2.75) is 6.54 Å². The lowest BCUT2D eigenvalue weighted by atomic mass is 10.2. The second kappa shape index (κ2) is 7.76. The number of hydrogen-bond acceptors (Lipinski definition) is 3. The summed E-state index contributed by atoms with van der Waals surface area (Å²) in [6, 6.07) is 16.8. The standard InChI is InChI=1S/C18H15BrN4O2/c19-16-9-5-4-8-15(16)18(25)22-21-17(24)14-10-20-23(12-14)11-13-6-2-1-3-7-13/h1-10,12H,11H2,(H,21,24)(H,22,25). The average molecular weight is 399 g/mol. The zero-order valence-electron chi connectivity index (χ0n) is 13.1. The van der Waals surface area contributed by atoms with Gasteiger partial charge in [0.25, 0.3) is 11.8 Å². The van der Waals surface area contributed by atoms with Crippen LogP contribution in [0.2, 0.25) is 0 Å². The van der Waals surface area contributed by atoms with Gasteiger partial charge < -0.3 is 0 Å². The molecule has 0 atom stereocenters. The number of aromatic nitrogens is 2. The molecule has 126 valence electrons. The van der Waals surface area contributed by atoms with Gasteiger partial charge in [-0.2, -0.15) is 5.10 Å². The van der Waals surface area contributed by atoms with Gasteiger partial charge in [-0.1, -0.05) is 42.5 Å². The van der Waals surface area contributed by atoms with Crippen molar-refractivity contribution >= 4 is 27.7 Å². The average Bonchev–Trinajstić information content (AvgIpc) is 3.09. The van der Waals surface area contributed by atoms with Crippen molar-refractivity contribution in [1.82, 2.24) is 20.6 Å². The number of amides is 2. The molecule has 0 aliphatic rings. The van der Waals surface area contributed by atoms with Crippen LogP contribution in [0.1, 0.15) is 26.3 Å². The van der Waals surface area contributed by atoms with Gasteiger partial charge in [0, 0.05) is 10.7 Å². The molecule has 1 heterocycles. The number of benzene rings is 2. The van der Waals surface area contributed by atoms with Crippen molar-refractivity contribution in [2.75, 3.05) is 0 Å². The summed E-state index contributed by atoms with van der Waals surface area (Å²) in [5.41, 5.74) is 6.66. The molecular weight excluding hydrogens is 384 g/mol. The largest absolute Gasteiger partial charge is 0.272 e. The molecule has 6 nitrogen and oxygen atoms in total. The van der Waals surface area contributed by atoms with Crippen LogP contribution in [-0.4, -0.2) is 21.6 Å². The molecule has 3 aromatic rings. The van der Waals surface area contributed by atoms with Gasteiger partial charge in [-0.05, 0) is 33.6 Å². The molecule has 2 aromatic carbocycles. The molecule has 0 spiro atoms. The van der Waals surface area contributed by atoms with E-state index in [0.29, 0.717) is 22.1 Å². The Morgan fingerprint density at radius 3 is 2.40 bits per heavy atom. The van der Waals surface area contributed by atoms with Crippen LogP contribution in [0.15, 0.2) is 71.5 Å². The Balaban J connectivity index is 1.59. The third-order valence-corrected chi connectivity index (χ3v) is 4.18. The van der Waals surface area contributed by atoms with E-state index in [4.69, 9.17) is 0 Å². The summed E-state index contributed by atoms with van der Waals surface area (Å²) in [6.07, 6.45) is 3.09. The van der Waals surface area contributed by atoms with E-state index in [1.807, 2.05) is 30.3 Å². The first-order chi connectivity index (χ1) is 12.1. The van der Waals surface area contributed by atoms with Crippen LogP contribution in [0.3, 0.4) is 0 Å². The number of halogens is 1. The van der Waals surface area contributed by atoms with Gasteiger partial charge in [-0.25, -0.2) is 0 Å². The van der Waals surface area contributed by atoms with Crippen LogP contribution in [0.4, 0.5) is 0 Å². The minimum absolute atomic E-state index is 0.364. The lowest BCUT2D eigenvalue weighted by Gasteiger charge is -2.07. The van der Waals surface area contributed by atoms with Crippen molar-refractivity contribution in [3.63, 3.8) is 0 Å². The van der Waals surface area contributed by atoms with Crippen LogP contribution in [0.5, 0.6) is 0 Å². The molecule has 3 rings (SSSR count). The highest BCUT2D eigenvalue weighted by Gasteiger charge is 2.12. The third kappa shape index (κ3) is 4.33. The maximum Gasteiger partial charge on any atom is 0.272 e. The fraction of sp³-hybridized carbons (Fsp3) is 0.0556. The Kier molecular flexibility index (Phi) is 5.25. The molecule has 0 radical (unpaired) electrons. The van der Waals surface area contributed by atoms with Gasteiger partial charge in [0.1, 0.15) is 0 Å². The molecule has 0 aliphatic heterocycles. The Hall–Kier alpha value is -2.93. The Morgan fingerprint density at radius 2 is 1.64 bits per heavy atom. The molecule has 0 saturated carbocycles. The van der Waals surface area contributed by atoms with E-state index in [9.17, 15) is 9.59 Å². The van der Waals surface area contributed by atoms with E-state index in [1.54, 1.807) is 35.1 Å². The monoisotopic (exact) mass is 398 g/mol. The Morgan fingerprint density at radius 1 is 0.960 bits per heavy atom. The quantitative estimate of drug-likeness (QED) is 0.663. The first-order valence-corrected chi connectivity index (χ1v) is 8.34. The highest BCUT2D eigenvalue weighted by atomic mass is 79.9. The second-order valence-electron chi connectivity index (χ2n) is 5.30. The van der Waals surface area contributed by atoms with Gasteiger partial charge >= 0.3 is 0 Å². The van der Waals surface area contributed by atoms with Crippen LogP contribution < -0.4 is 10.9 Å². The van der Waals surface area contributed by atoms with Crippen molar-refractivity contribution in [3.05, 3.63) is 88.2 Å². The number of hydrogen-bond donors (Lipinski definition) is 2. The maximum absolute atomic E-state index is 12.1. The smallest absolute Gasteiger partial charge is 0.268 e. The summed E-state index contributed by atoms with van der Waals surface area (Å²) >= 11 is 3.30. The predicted molar refractivity (Wildman–Crippen MR) is 96.8 cm³/mol. The van der Waals surface area contributed by atoms with Crippen molar-refractivity contribution < 1.29 is 9.59 Å². The minimum Gasteiger partial charge on any atom is -0.268 e. The molecule has 0 saturated heterocycles. The number of nitrogens with zero attached hydrogens (tertiary/aromatic N) is 2. The summed E-state index contributed by atoms with van der Waals surface area (Å²) in [6.45, 7) is 0.567. The number of carbonyl (C=O) groups is 2. The van der Waals surface area contributed by atoms with Crippen LogP contribution in [0, 0.1) is 0 Å². The van der Waals surface area contributed by atoms with E-state index in [1.165, 1.54) is 6.20 Å². The van der Waals surface area contributed by atoms with Gasteiger partial charge in [0.2, 0.25) is 0 Å². The summed E-state index contributed by atoms with van der Waals surface area (Å²) < 4.78 is 2.32. The fourth-order valence-electron chi connectivity index (χ4n) is 2.24. The van der Waals surface area contributed by atoms with Crippen molar-refractivity contribution in [3.8, 4) is 0 Å². The SMILES string of the molecule is O=C(NNC(=O)c1ccccc1Br)c1cnn(Cc2ccccc2)c1. The summed E-state index contributed by atoms with van der Waals surface area (Å²) in [7, 11) is 0. The third-order valence-electron chi connectivity index (χ3n) is 3.49. The lowest BCUT2D eigenvalue weighted by molar-refractivity contribution is 0.0846. The summed E-state index contributed by atoms with van der Waals surface area (Å²) in [5, 5.41) is 4.17. The van der Waals surface area contributed by atoms with Crippen LogP contribution in [0.25, 0.3) is 0 Å². The maximum atomic E-state index is 12.1. The molecule has 7 heteroatoms. The van der Waals surface area contributed by atoms with Gasteiger partial charge in [0.05, 0.1) is 23.9 Å². The minimum atomic E-state index is -0.431. The van der Waals surface area contributed by atoms with Gasteiger partial charge in [-0.3, -0.25) is 25.1 Å². The Labute approximate surface area is 153 Å². The first kappa shape index (κ1) is 16.9. The van der Waals surface area contributed by atoms with Gasteiger partial charge in [0.15, 0.2) is 0 Å². The van der Waals surface area contributed by atoms with Crippen LogP contribution >= 0.6 is 15.9 Å². The lowest BCUT2D eigenvalue weighted by Crippen LogP contribution is -2.41. The topological polar surface area (TPSA) is 76.0 Å². The fourth-order valence-corrected chi connectivity index (χ4v) is 2.70. The second-order valence-corrected chi connectivity index (χ2v) is 6.15. The molecule has 2 N–H and O–H groups in total. The number of rotatable bonds is 4. The number of hydrazine groups is 1. The molecule has 1 aromatic heterocycles. The van der Waals surface area contributed by atoms with E-state index in [0.717, 1.165) is 5.56 Å². The van der Waals surface area contributed by atoms with Crippen molar-refractivity contribution in [2.24, 2.45) is 0 Å². The summed E-state index contributed by atoms with van der Waals surface area (Å²) in [5.74, 6) is -0.836. The normalized spacial score (nSPS) is 10.3. The number of carbonyl (C=O) groups excluding carboxylic acids is 2. The molecule has 25 heavy (non-hydrogen) atoms. The zero-order valence-corrected chi connectivity index (χ0v) is 14.7. The van der Waals surface area contributed by atoms with E-state index < -0.39 is 11.8 Å². The zero-order chi connectivity index (χ0) is 17.6. The molecule has 2 amide bonds. The molecule has 0 aliphatic carbocycles. The highest BCUT2D eigenvalue weighted by Crippen LogP contribution is 2.15. The highest BCUT2D eigenvalue weighted by molar-refractivity contribution is 9.10. The first-order valence-electron chi connectivity index (χ1n) is 7.55.